The summed E-state index contributed by atoms with van der Waals surface area (Å²) in [6.07, 6.45) is 0. The third-order valence-electron chi connectivity index (χ3n) is 28.6. The number of nitrogens with zero attached hydrogens (tertiary/aromatic N) is 6. The fourth-order valence-corrected chi connectivity index (χ4v) is 23.0. The van der Waals surface area contributed by atoms with Crippen LogP contribution >= 0.6 is 0 Å². The van der Waals surface area contributed by atoms with Gasteiger partial charge in [0.25, 0.3) is 0 Å². The predicted molar refractivity (Wildman–Crippen MR) is 546 cm³/mol. The Bertz CT molecular complexity index is 8730. The van der Waals surface area contributed by atoms with Crippen LogP contribution in [0.25, 0.3) is 156 Å². The van der Waals surface area contributed by atoms with Gasteiger partial charge in [-0.15, -0.1) is 10.2 Å². The van der Waals surface area contributed by atoms with Crippen molar-refractivity contribution in [1.29, 1.82) is 0 Å². The van der Waals surface area contributed by atoms with Crippen LogP contribution in [0.3, 0.4) is 0 Å². The highest BCUT2D eigenvalue weighted by molar-refractivity contribution is 6.05. The summed E-state index contributed by atoms with van der Waals surface area (Å²) < 4.78 is 20.6. The molecule has 0 fully saturated rings. The van der Waals surface area contributed by atoms with E-state index in [4.69, 9.17) is 44.3 Å². The van der Waals surface area contributed by atoms with Crippen LogP contribution < -0.4 is 14.2 Å². The summed E-state index contributed by atoms with van der Waals surface area (Å²) in [5, 5.41) is 16.2. The molecule has 0 saturated heterocycles. The third kappa shape index (κ3) is 11.7. The van der Waals surface area contributed by atoms with Crippen molar-refractivity contribution in [2.75, 3.05) is 0 Å². The smallest absolute Gasteiger partial charge is 0.164 e. The lowest BCUT2D eigenvalue weighted by Crippen LogP contribution is -2.32. The van der Waals surface area contributed by atoms with Crippen molar-refractivity contribution in [1.82, 2.24) is 30.1 Å². The highest BCUT2D eigenvalue weighted by Crippen LogP contribution is 2.67. The van der Waals surface area contributed by atoms with Crippen LogP contribution in [0.2, 0.25) is 0 Å². The molecule has 23 aromatic rings. The third-order valence-corrected chi connectivity index (χ3v) is 28.6. The van der Waals surface area contributed by atoms with E-state index in [1.807, 2.05) is 24.3 Å². The van der Waals surface area contributed by atoms with E-state index in [9.17, 15) is 0 Å². The molecule has 20 aromatic carbocycles. The van der Waals surface area contributed by atoms with E-state index < -0.39 is 16.2 Å². The maximum atomic E-state index is 6.93. The minimum Gasteiger partial charge on any atom is -0.456 e. The maximum Gasteiger partial charge on any atom is 0.164 e. The van der Waals surface area contributed by atoms with E-state index in [2.05, 4.69) is 449 Å². The second-order valence-corrected chi connectivity index (χ2v) is 35.5. The molecule has 0 radical (unpaired) electrons. The van der Waals surface area contributed by atoms with Crippen molar-refractivity contribution in [3.8, 4) is 147 Å². The van der Waals surface area contributed by atoms with Gasteiger partial charge >= 0.3 is 0 Å². The number of rotatable bonds is 7. The van der Waals surface area contributed by atoms with Crippen LogP contribution in [0.15, 0.2) is 473 Å². The Morgan fingerprint density at radius 3 is 0.860 bits per heavy atom. The molecule has 9 heteroatoms. The lowest BCUT2D eigenvalue weighted by atomic mass is 9.65. The van der Waals surface area contributed by atoms with E-state index in [-0.39, 0.29) is 0 Å². The zero-order valence-corrected chi connectivity index (χ0v) is 73.4. The molecule has 3 aliphatic heterocycles. The summed E-state index contributed by atoms with van der Waals surface area (Å²) >= 11 is 0. The Hall–Kier alpha value is -17.9. The average molecular weight is 1740 g/mol. The lowest BCUT2D eigenvalue weighted by molar-refractivity contribution is 0.437. The van der Waals surface area contributed by atoms with Gasteiger partial charge in [0.1, 0.15) is 34.5 Å². The van der Waals surface area contributed by atoms with Gasteiger partial charge in [-0.25, -0.2) is 19.9 Å². The number of ether oxygens (including phenoxy) is 3. The molecule has 3 spiro atoms. The highest BCUT2D eigenvalue weighted by atomic mass is 16.5. The minimum absolute atomic E-state index is 0.496. The molecular formula is C127H78N6O3. The Kier molecular flexibility index (Phi) is 17.9. The number of fused-ring (bicyclic) bond motifs is 31. The van der Waals surface area contributed by atoms with Crippen molar-refractivity contribution in [3.63, 3.8) is 0 Å². The zero-order valence-electron chi connectivity index (χ0n) is 73.4. The Balaban J connectivity index is 0.000000104. The molecule has 6 heterocycles. The molecule has 634 valence electrons. The number of aromatic nitrogens is 6. The van der Waals surface area contributed by atoms with Gasteiger partial charge in [-0.05, 0) is 160 Å². The summed E-state index contributed by atoms with van der Waals surface area (Å²) in [6.45, 7) is 0. The summed E-state index contributed by atoms with van der Waals surface area (Å²) in [4.78, 5) is 21.1. The lowest BCUT2D eigenvalue weighted by Gasteiger charge is -2.40. The Morgan fingerprint density at radius 2 is 0.434 bits per heavy atom. The van der Waals surface area contributed by atoms with E-state index in [1.54, 1.807) is 0 Å². The second-order valence-electron chi connectivity index (χ2n) is 35.5. The standard InChI is InChI=1S/C45H28N2O.C43H26N2O.C39H24N2O/c1-2-13-29(14-3-1)30-25-27-31(28-26-30)42-34-17-6-10-23-40(34)46-44(47-42)35-18-12-22-39-43(35)48-41-24-11-9-21-38(41)45(39)36-19-7-4-15-32(36)33-16-5-8-20-37(33)45;1-2-15-28-27(13-1)14-11-19-31(28)40-32-18-5-9-25-38(32)44-42(45-40)33-20-12-24-37-41(33)46-39-26-10-8-23-36(39)43(37)34-21-6-3-16-29(34)30-17-4-7-22-35(30)43;1-2-13-26-25(11-1)12-9-16-29(26)35-23-24-36(41-40-35)30-17-10-21-34-38(30)42-37-22-8-7-20-33(37)39(34)31-18-5-3-14-27(31)28-15-4-6-19-32(28)39/h1-28H;1-26H;1-24H. The molecular weight excluding hydrogens is 1660 g/mol. The number of para-hydroxylation sites is 8. The van der Waals surface area contributed by atoms with Crippen molar-refractivity contribution in [3.05, 3.63) is 540 Å². The molecule has 0 amide bonds. The van der Waals surface area contributed by atoms with Gasteiger partial charge < -0.3 is 14.2 Å². The zero-order chi connectivity index (χ0) is 89.6. The van der Waals surface area contributed by atoms with Crippen LogP contribution in [-0.4, -0.2) is 30.1 Å². The molecule has 6 aliphatic rings. The van der Waals surface area contributed by atoms with Crippen LogP contribution in [0.1, 0.15) is 66.8 Å². The van der Waals surface area contributed by atoms with Crippen molar-refractivity contribution in [2.24, 2.45) is 0 Å². The molecule has 0 bridgehead atoms. The van der Waals surface area contributed by atoms with E-state index >= 15 is 0 Å². The van der Waals surface area contributed by atoms with Gasteiger partial charge in [-0.2, -0.15) is 0 Å². The SMILES string of the molecule is c1ccc(-c2ccc(-c3nc(-c4cccc5c4Oc4ccccc4C54c5ccccc5-c5ccccc54)nc4ccccc34)cc2)cc1.c1ccc2c(c1)Oc1c(-c3ccc(-c4cccc5ccccc45)nn3)cccc1C21c2ccccc2-c2ccccc21.c1ccc2c(c1)Oc1c(-c3nc(-c4cccc5ccccc45)c4ccccc4n3)cccc1C21c2ccccc2-c2ccccc21. The van der Waals surface area contributed by atoms with Gasteiger partial charge in [0.05, 0.1) is 61.2 Å². The van der Waals surface area contributed by atoms with Crippen LogP contribution in [-0.2, 0) is 16.2 Å². The summed E-state index contributed by atoms with van der Waals surface area (Å²) in [6, 6.07) is 167. The quantitative estimate of drug-likeness (QED) is 0.154. The van der Waals surface area contributed by atoms with Gasteiger partial charge in [0.2, 0.25) is 0 Å². The van der Waals surface area contributed by atoms with Gasteiger partial charge in [-0.3, -0.25) is 0 Å². The van der Waals surface area contributed by atoms with E-state index in [0.717, 1.165) is 151 Å². The largest absolute Gasteiger partial charge is 0.456 e. The van der Waals surface area contributed by atoms with Crippen molar-refractivity contribution < 1.29 is 14.2 Å². The molecule has 0 unspecified atom stereocenters. The number of hydrogen-bond acceptors (Lipinski definition) is 9. The van der Waals surface area contributed by atoms with E-state index in [0.29, 0.717) is 11.6 Å². The van der Waals surface area contributed by atoms with Crippen LogP contribution in [0, 0.1) is 0 Å². The summed E-state index contributed by atoms with van der Waals surface area (Å²) in [5.41, 5.74) is 33.8. The predicted octanol–water partition coefficient (Wildman–Crippen LogP) is 31.1. The molecule has 0 saturated carbocycles. The average Bonchev–Trinajstić information content (AvgIpc) is 1.51. The van der Waals surface area contributed by atoms with Crippen LogP contribution in [0.5, 0.6) is 34.5 Å². The summed E-state index contributed by atoms with van der Waals surface area (Å²) in [7, 11) is 0. The topological polar surface area (TPSA) is 105 Å². The summed E-state index contributed by atoms with van der Waals surface area (Å²) in [5.74, 6) is 6.27. The normalized spacial score (nSPS) is 13.5. The fourth-order valence-electron chi connectivity index (χ4n) is 23.0. The molecule has 3 aliphatic carbocycles. The number of benzene rings is 20. The fraction of sp³-hybridized carbons (Fsp3) is 0.0236. The molecule has 29 rings (SSSR count). The molecule has 3 aromatic heterocycles. The van der Waals surface area contributed by atoms with E-state index in [1.165, 1.54) is 94.0 Å². The minimum atomic E-state index is -0.541. The monoisotopic (exact) mass is 1730 g/mol. The van der Waals surface area contributed by atoms with Crippen molar-refractivity contribution >= 4 is 43.4 Å². The number of hydrogen-bond donors (Lipinski definition) is 0. The second kappa shape index (κ2) is 31.1. The first-order chi connectivity index (χ1) is 67.5. The van der Waals surface area contributed by atoms with Gasteiger partial charge in [0.15, 0.2) is 11.6 Å². The van der Waals surface area contributed by atoms with Crippen LogP contribution in [0.4, 0.5) is 0 Å². The molecule has 9 nitrogen and oxygen atoms in total. The maximum absolute atomic E-state index is 6.93. The Labute approximate surface area is 785 Å². The highest BCUT2D eigenvalue weighted by Gasteiger charge is 2.55. The molecule has 136 heavy (non-hydrogen) atoms. The first-order valence-corrected chi connectivity index (χ1v) is 46.3. The van der Waals surface area contributed by atoms with Gasteiger partial charge in [-0.1, -0.05) is 413 Å². The first-order valence-electron chi connectivity index (χ1n) is 46.3. The molecule has 0 N–H and O–H groups in total. The Morgan fingerprint density at radius 1 is 0.162 bits per heavy atom. The van der Waals surface area contributed by atoms with Gasteiger partial charge in [0, 0.05) is 66.4 Å². The first kappa shape index (κ1) is 78.0. The molecule has 0 atom stereocenters. The van der Waals surface area contributed by atoms with Crippen molar-refractivity contribution in [2.45, 2.75) is 16.2 Å².